The van der Waals surface area contributed by atoms with Crippen LogP contribution >= 0.6 is 11.3 Å². The largest absolute Gasteiger partial charge is 0.502 e. The Morgan fingerprint density at radius 3 is 2.50 bits per heavy atom. The molecule has 3 heterocycles. The van der Waals surface area contributed by atoms with Gasteiger partial charge in [0.2, 0.25) is 5.43 Å². The molecule has 0 unspecified atom stereocenters. The van der Waals surface area contributed by atoms with E-state index in [4.69, 9.17) is 0 Å². The molecule has 1 aromatic carbocycles. The summed E-state index contributed by atoms with van der Waals surface area (Å²) < 4.78 is 14.8. The van der Waals surface area contributed by atoms with Gasteiger partial charge in [0.05, 0.1) is 5.56 Å². The number of aromatic hydroxyl groups is 1. The van der Waals surface area contributed by atoms with E-state index in [-0.39, 0.29) is 23.0 Å². The molecule has 178 valence electrons. The highest BCUT2D eigenvalue weighted by molar-refractivity contribution is 7.14. The van der Waals surface area contributed by atoms with Gasteiger partial charge in [-0.3, -0.25) is 19.3 Å². The molecule has 1 fully saturated rings. The Bertz CT molecular complexity index is 1310. The van der Waals surface area contributed by atoms with Gasteiger partial charge < -0.3 is 10.0 Å². The molecule has 1 aliphatic heterocycles. The van der Waals surface area contributed by atoms with Gasteiger partial charge in [0.15, 0.2) is 16.5 Å². The van der Waals surface area contributed by atoms with E-state index in [1.807, 2.05) is 12.1 Å². The molecule has 0 bridgehead atoms. The van der Waals surface area contributed by atoms with Crippen molar-refractivity contribution in [1.82, 2.24) is 19.8 Å². The molecule has 0 saturated heterocycles. The zero-order chi connectivity index (χ0) is 24.2. The zero-order valence-electron chi connectivity index (χ0n) is 19.3. The van der Waals surface area contributed by atoms with E-state index in [9.17, 15) is 19.1 Å². The first-order chi connectivity index (χ1) is 16.2. The van der Waals surface area contributed by atoms with Crippen LogP contribution in [0, 0.1) is 11.7 Å². The number of carbonyl (C=O) groups is 1. The second-order valence-electron chi connectivity index (χ2n) is 9.27. The number of hydrogen-bond donors (Lipinski definition) is 1. The maximum Gasteiger partial charge on any atom is 0.278 e. The third-order valence-electron chi connectivity index (χ3n) is 7.26. The number of pyridine rings is 1. The second kappa shape index (κ2) is 8.19. The number of benzene rings is 1. The van der Waals surface area contributed by atoms with Crippen molar-refractivity contribution in [2.24, 2.45) is 5.92 Å². The van der Waals surface area contributed by atoms with Gasteiger partial charge in [0, 0.05) is 26.7 Å². The van der Waals surface area contributed by atoms with Crippen molar-refractivity contribution in [3.63, 3.8) is 0 Å². The molecule has 5 rings (SSSR count). The first kappa shape index (κ1) is 22.5. The van der Waals surface area contributed by atoms with Gasteiger partial charge in [-0.1, -0.05) is 30.4 Å². The van der Waals surface area contributed by atoms with Crippen LogP contribution in [0.4, 0.5) is 4.39 Å². The normalized spacial score (nSPS) is 22.4. The van der Waals surface area contributed by atoms with Crippen LogP contribution in [0.2, 0.25) is 0 Å². The van der Waals surface area contributed by atoms with E-state index in [1.54, 1.807) is 35.0 Å². The molecule has 1 aliphatic carbocycles. The Morgan fingerprint density at radius 1 is 1.15 bits per heavy atom. The third-order valence-corrected chi connectivity index (χ3v) is 8.22. The summed E-state index contributed by atoms with van der Waals surface area (Å²) in [6, 6.07) is 6.13. The lowest BCUT2D eigenvalue weighted by Crippen LogP contribution is -2.69. The van der Waals surface area contributed by atoms with Gasteiger partial charge in [-0.05, 0) is 49.3 Å². The maximum atomic E-state index is 13.3. The topological polar surface area (TPSA) is 91.6 Å². The molecule has 1 amide bonds. The minimum atomic E-state index is -0.654. The van der Waals surface area contributed by atoms with Gasteiger partial charge in [0.1, 0.15) is 16.5 Å². The highest BCUT2D eigenvalue weighted by Gasteiger charge is 2.49. The summed E-state index contributed by atoms with van der Waals surface area (Å²) in [5, 5.41) is 22.1. The van der Waals surface area contributed by atoms with E-state index < -0.39 is 16.8 Å². The number of nitrogens with zero attached hydrogens (tertiary/aromatic N) is 5. The number of halogens is 1. The van der Waals surface area contributed by atoms with Gasteiger partial charge in [-0.2, -0.15) is 0 Å². The Labute approximate surface area is 200 Å². The molecule has 10 heteroatoms. The van der Waals surface area contributed by atoms with Crippen LogP contribution in [0.1, 0.15) is 53.7 Å². The first-order valence-corrected chi connectivity index (χ1v) is 12.1. The summed E-state index contributed by atoms with van der Waals surface area (Å²) in [4.78, 5) is 28.0. The molecule has 8 nitrogen and oxygen atoms in total. The molecule has 34 heavy (non-hydrogen) atoms. The summed E-state index contributed by atoms with van der Waals surface area (Å²) in [5.74, 6) is -0.685. The van der Waals surface area contributed by atoms with Crippen molar-refractivity contribution in [1.29, 1.82) is 0 Å². The number of carbonyl (C=O) groups excluding carboxylic acids is 1. The Kier molecular flexibility index (Phi) is 5.43. The quantitative estimate of drug-likeness (QED) is 0.614. The smallest absolute Gasteiger partial charge is 0.278 e. The molecule has 0 radical (unpaired) electrons. The minimum absolute atomic E-state index is 0.0425. The summed E-state index contributed by atoms with van der Waals surface area (Å²) in [6.07, 6.45) is 5.61. The maximum absolute atomic E-state index is 13.3. The average Bonchev–Trinajstić information content (AvgIpc) is 3.29. The van der Waals surface area contributed by atoms with Crippen LogP contribution in [-0.2, 0) is 6.42 Å². The number of rotatable bonds is 3. The van der Waals surface area contributed by atoms with Crippen molar-refractivity contribution in [2.75, 3.05) is 19.1 Å². The lowest BCUT2D eigenvalue weighted by Gasteiger charge is -2.55. The monoisotopic (exact) mass is 483 g/mol. The van der Waals surface area contributed by atoms with E-state index in [2.05, 4.69) is 17.1 Å². The molecule has 0 atom stereocenters. The van der Waals surface area contributed by atoms with Crippen LogP contribution in [0.3, 0.4) is 0 Å². The number of aromatic nitrogens is 3. The Morgan fingerprint density at radius 2 is 1.82 bits per heavy atom. The predicted molar refractivity (Wildman–Crippen MR) is 127 cm³/mol. The molecule has 2 aliphatic rings. The van der Waals surface area contributed by atoms with Gasteiger partial charge >= 0.3 is 0 Å². The Balaban J connectivity index is 1.54. The summed E-state index contributed by atoms with van der Waals surface area (Å²) in [5.41, 5.74) is -0.161. The minimum Gasteiger partial charge on any atom is -0.502 e. The lowest BCUT2D eigenvalue weighted by molar-refractivity contribution is 0.0183. The van der Waals surface area contributed by atoms with Crippen molar-refractivity contribution in [3.8, 4) is 16.3 Å². The van der Waals surface area contributed by atoms with Gasteiger partial charge in [0.25, 0.3) is 5.91 Å². The molecule has 3 aromatic rings. The fourth-order valence-corrected chi connectivity index (χ4v) is 5.92. The van der Waals surface area contributed by atoms with E-state index in [0.717, 1.165) is 31.2 Å². The van der Waals surface area contributed by atoms with Crippen molar-refractivity contribution >= 4 is 17.2 Å². The van der Waals surface area contributed by atoms with Gasteiger partial charge in [-0.15, -0.1) is 10.2 Å². The van der Waals surface area contributed by atoms with Crippen LogP contribution in [0.5, 0.6) is 5.75 Å². The zero-order valence-corrected chi connectivity index (χ0v) is 20.1. The average molecular weight is 484 g/mol. The fraction of sp³-hybridized carbons (Fsp3) is 0.417. The highest BCUT2D eigenvalue weighted by Crippen LogP contribution is 2.41. The molecular formula is C24H26FN5O3S. The van der Waals surface area contributed by atoms with Crippen LogP contribution < -0.4 is 10.4 Å². The van der Waals surface area contributed by atoms with E-state index in [1.165, 1.54) is 23.5 Å². The highest BCUT2D eigenvalue weighted by atomic mass is 32.1. The molecular weight excluding hydrogens is 457 g/mol. The summed E-state index contributed by atoms with van der Waals surface area (Å²) in [6.45, 7) is 2.21. The third kappa shape index (κ3) is 3.48. The first-order valence-electron chi connectivity index (χ1n) is 11.3. The number of fused-ring (bicyclic) bond motifs is 1. The Hall–Kier alpha value is -3.27. The number of amides is 1. The SMILES string of the molecule is CC1CCC2(CC1)N(C)C(=O)c1c(O)c(=O)c(-c3nnc(Cc4ccc(F)cc4)s3)cn1N2C. The lowest BCUT2D eigenvalue weighted by atomic mass is 9.81. The standard InChI is InChI=1S/C24H26FN5O3S/c1-14-8-10-24(11-9-14)28(2)23(33)19-21(32)20(31)17(13-30(19)29(24)3)22-27-26-18(34-22)12-15-4-6-16(25)7-5-15/h4-7,13-14,32H,8-12H2,1-3H3. The second-order valence-corrected chi connectivity index (χ2v) is 10.3. The van der Waals surface area contributed by atoms with Crippen molar-refractivity contribution < 1.29 is 14.3 Å². The molecule has 2 aromatic heterocycles. The fourth-order valence-electron chi connectivity index (χ4n) is 5.04. The molecule has 1 N–H and O–H groups in total. The van der Waals surface area contributed by atoms with E-state index >= 15 is 0 Å². The predicted octanol–water partition coefficient (Wildman–Crippen LogP) is 3.36. The summed E-state index contributed by atoms with van der Waals surface area (Å²) >= 11 is 1.23. The number of hydrogen-bond acceptors (Lipinski definition) is 7. The summed E-state index contributed by atoms with van der Waals surface area (Å²) in [7, 11) is 3.62. The molecule has 1 saturated carbocycles. The van der Waals surface area contributed by atoms with Gasteiger partial charge in [-0.25, -0.2) is 4.39 Å². The van der Waals surface area contributed by atoms with Crippen LogP contribution in [0.25, 0.3) is 10.6 Å². The molecule has 1 spiro atoms. The van der Waals surface area contributed by atoms with Crippen LogP contribution in [-0.4, -0.2) is 50.5 Å². The van der Waals surface area contributed by atoms with Crippen molar-refractivity contribution in [3.05, 3.63) is 62.8 Å². The van der Waals surface area contributed by atoms with E-state index in [0.29, 0.717) is 22.4 Å². The van der Waals surface area contributed by atoms with Crippen molar-refractivity contribution in [2.45, 2.75) is 44.7 Å². The van der Waals surface area contributed by atoms with Crippen LogP contribution in [0.15, 0.2) is 35.3 Å².